The molecule has 1 atom stereocenters. The minimum atomic E-state index is -0.258. The molecule has 2 aromatic rings. The second kappa shape index (κ2) is 10.3. The van der Waals surface area contributed by atoms with Crippen molar-refractivity contribution in [1.29, 1.82) is 0 Å². The SMILES string of the molecule is O=C(C1CCN(CC(=O)N2N=C(c3ccc(Cl)cc3)C[C@@H]2c2ccco2)CC1)N1CCCCC1. The predicted octanol–water partition coefficient (Wildman–Crippen LogP) is 4.34. The molecule has 3 aliphatic heterocycles. The Labute approximate surface area is 205 Å². The summed E-state index contributed by atoms with van der Waals surface area (Å²) in [6.45, 7) is 3.59. The minimum Gasteiger partial charge on any atom is -0.467 e. The van der Waals surface area contributed by atoms with Crippen LogP contribution in [0.2, 0.25) is 5.02 Å². The zero-order valence-corrected chi connectivity index (χ0v) is 20.1. The third kappa shape index (κ3) is 5.05. The average molecular weight is 483 g/mol. The maximum atomic E-state index is 13.4. The number of hydrazone groups is 1. The van der Waals surface area contributed by atoms with Gasteiger partial charge in [0, 0.05) is 30.5 Å². The smallest absolute Gasteiger partial charge is 0.257 e. The van der Waals surface area contributed by atoms with Gasteiger partial charge in [-0.25, -0.2) is 5.01 Å². The fourth-order valence-electron chi connectivity index (χ4n) is 5.23. The highest BCUT2D eigenvalue weighted by Crippen LogP contribution is 2.33. The van der Waals surface area contributed by atoms with Gasteiger partial charge in [-0.2, -0.15) is 5.10 Å². The quantitative estimate of drug-likeness (QED) is 0.635. The summed E-state index contributed by atoms with van der Waals surface area (Å²) in [5.74, 6) is 1.07. The summed E-state index contributed by atoms with van der Waals surface area (Å²) < 4.78 is 5.65. The van der Waals surface area contributed by atoms with Crippen molar-refractivity contribution in [2.45, 2.75) is 44.6 Å². The summed E-state index contributed by atoms with van der Waals surface area (Å²) in [6, 6.07) is 11.0. The lowest BCUT2D eigenvalue weighted by Gasteiger charge is -2.35. The van der Waals surface area contributed by atoms with E-state index in [0.29, 0.717) is 23.9 Å². The maximum Gasteiger partial charge on any atom is 0.257 e. The van der Waals surface area contributed by atoms with Crippen molar-refractivity contribution in [3.8, 4) is 0 Å². The van der Waals surface area contributed by atoms with E-state index in [9.17, 15) is 9.59 Å². The van der Waals surface area contributed by atoms with Crippen LogP contribution in [-0.2, 0) is 9.59 Å². The zero-order chi connectivity index (χ0) is 23.5. The summed E-state index contributed by atoms with van der Waals surface area (Å²) in [5, 5.41) is 6.95. The lowest BCUT2D eigenvalue weighted by Crippen LogP contribution is -2.46. The van der Waals surface area contributed by atoms with Crippen molar-refractivity contribution in [3.63, 3.8) is 0 Å². The van der Waals surface area contributed by atoms with E-state index in [1.807, 2.05) is 41.3 Å². The van der Waals surface area contributed by atoms with Crippen LogP contribution in [0.4, 0.5) is 0 Å². The van der Waals surface area contributed by atoms with Gasteiger partial charge in [-0.05, 0) is 75.0 Å². The van der Waals surface area contributed by atoms with Crippen LogP contribution in [0, 0.1) is 5.92 Å². The lowest BCUT2D eigenvalue weighted by molar-refractivity contribution is -0.138. The molecule has 0 N–H and O–H groups in total. The number of rotatable bonds is 5. The number of benzene rings is 1. The van der Waals surface area contributed by atoms with Crippen molar-refractivity contribution in [1.82, 2.24) is 14.8 Å². The Balaban J connectivity index is 1.22. The molecular formula is C26H31ClN4O3. The van der Waals surface area contributed by atoms with Crippen LogP contribution in [0.5, 0.6) is 0 Å². The second-order valence-electron chi connectivity index (χ2n) is 9.46. The molecule has 0 bridgehead atoms. The molecule has 5 rings (SSSR count). The van der Waals surface area contributed by atoms with Gasteiger partial charge < -0.3 is 9.32 Å². The van der Waals surface area contributed by atoms with Gasteiger partial charge in [-0.1, -0.05) is 23.7 Å². The molecule has 1 aromatic heterocycles. The van der Waals surface area contributed by atoms with E-state index in [4.69, 9.17) is 21.1 Å². The van der Waals surface area contributed by atoms with Gasteiger partial charge >= 0.3 is 0 Å². The topological polar surface area (TPSA) is 69.4 Å². The molecule has 0 unspecified atom stereocenters. The Morgan fingerprint density at radius 1 is 1.00 bits per heavy atom. The number of hydrogen-bond acceptors (Lipinski definition) is 5. The molecule has 0 spiro atoms. The highest BCUT2D eigenvalue weighted by atomic mass is 35.5. The first-order valence-electron chi connectivity index (χ1n) is 12.3. The highest BCUT2D eigenvalue weighted by molar-refractivity contribution is 6.30. The zero-order valence-electron chi connectivity index (χ0n) is 19.4. The van der Waals surface area contributed by atoms with Crippen molar-refractivity contribution in [2.75, 3.05) is 32.7 Å². The third-order valence-corrected chi connectivity index (χ3v) is 7.43. The van der Waals surface area contributed by atoms with E-state index in [0.717, 1.165) is 68.9 Å². The molecule has 2 amide bonds. The fraction of sp³-hybridized carbons (Fsp3) is 0.500. The minimum absolute atomic E-state index is 0.0498. The van der Waals surface area contributed by atoms with Crippen LogP contribution < -0.4 is 0 Å². The van der Waals surface area contributed by atoms with Gasteiger partial charge in [0.2, 0.25) is 5.91 Å². The van der Waals surface area contributed by atoms with E-state index in [1.165, 1.54) is 6.42 Å². The Kier molecular flexibility index (Phi) is 7.02. The number of carbonyl (C=O) groups excluding carboxylic acids is 2. The van der Waals surface area contributed by atoms with Gasteiger partial charge in [0.25, 0.3) is 5.91 Å². The average Bonchev–Trinajstić information content (AvgIpc) is 3.55. The van der Waals surface area contributed by atoms with Crippen molar-refractivity contribution >= 4 is 29.1 Å². The largest absolute Gasteiger partial charge is 0.467 e. The second-order valence-corrected chi connectivity index (χ2v) is 9.90. The van der Waals surface area contributed by atoms with Crippen LogP contribution in [-0.4, -0.2) is 65.1 Å². The Hall–Kier alpha value is -2.64. The van der Waals surface area contributed by atoms with Gasteiger partial charge in [-0.3, -0.25) is 14.5 Å². The van der Waals surface area contributed by atoms with E-state index in [-0.39, 0.29) is 17.9 Å². The molecule has 0 saturated carbocycles. The highest BCUT2D eigenvalue weighted by Gasteiger charge is 2.36. The van der Waals surface area contributed by atoms with Crippen LogP contribution >= 0.6 is 11.6 Å². The lowest BCUT2D eigenvalue weighted by atomic mass is 9.94. The molecule has 0 aliphatic carbocycles. The maximum absolute atomic E-state index is 13.4. The summed E-state index contributed by atoms with van der Waals surface area (Å²) in [6.07, 6.45) is 7.29. The van der Waals surface area contributed by atoms with E-state index >= 15 is 0 Å². The van der Waals surface area contributed by atoms with Gasteiger partial charge in [0.15, 0.2) is 0 Å². The summed E-state index contributed by atoms with van der Waals surface area (Å²) in [5.41, 5.74) is 1.80. The molecule has 3 aliphatic rings. The number of furan rings is 1. The van der Waals surface area contributed by atoms with Crippen LogP contribution in [0.3, 0.4) is 0 Å². The number of carbonyl (C=O) groups is 2. The van der Waals surface area contributed by atoms with E-state index in [1.54, 1.807) is 11.3 Å². The van der Waals surface area contributed by atoms with Crippen molar-refractivity contribution in [3.05, 3.63) is 59.0 Å². The summed E-state index contributed by atoms with van der Waals surface area (Å²) >= 11 is 6.04. The molecule has 8 heteroatoms. The summed E-state index contributed by atoms with van der Waals surface area (Å²) in [7, 11) is 0. The van der Waals surface area contributed by atoms with E-state index < -0.39 is 0 Å². The normalized spacial score (nSPS) is 22.1. The molecular weight excluding hydrogens is 452 g/mol. The van der Waals surface area contributed by atoms with Crippen LogP contribution in [0.25, 0.3) is 0 Å². The Morgan fingerprint density at radius 2 is 1.74 bits per heavy atom. The first-order valence-corrected chi connectivity index (χ1v) is 12.7. The molecule has 34 heavy (non-hydrogen) atoms. The molecule has 1 aromatic carbocycles. The molecule has 180 valence electrons. The molecule has 2 saturated heterocycles. The van der Waals surface area contributed by atoms with Gasteiger partial charge in [0.1, 0.15) is 11.8 Å². The fourth-order valence-corrected chi connectivity index (χ4v) is 5.36. The van der Waals surface area contributed by atoms with E-state index in [2.05, 4.69) is 4.90 Å². The van der Waals surface area contributed by atoms with Crippen molar-refractivity contribution < 1.29 is 14.0 Å². The number of piperidine rings is 2. The van der Waals surface area contributed by atoms with Crippen LogP contribution in [0.1, 0.15) is 55.9 Å². The first kappa shape index (κ1) is 23.1. The molecule has 0 radical (unpaired) electrons. The summed E-state index contributed by atoms with van der Waals surface area (Å²) in [4.78, 5) is 30.4. The number of amides is 2. The predicted molar refractivity (Wildman–Crippen MR) is 130 cm³/mol. The molecule has 7 nitrogen and oxygen atoms in total. The van der Waals surface area contributed by atoms with Crippen molar-refractivity contribution in [2.24, 2.45) is 11.0 Å². The number of halogens is 1. The van der Waals surface area contributed by atoms with Crippen LogP contribution in [0.15, 0.2) is 52.2 Å². The molecule has 4 heterocycles. The van der Waals surface area contributed by atoms with Gasteiger partial charge in [-0.15, -0.1) is 0 Å². The monoisotopic (exact) mass is 482 g/mol. The first-order chi connectivity index (χ1) is 16.6. The Morgan fingerprint density at radius 3 is 2.41 bits per heavy atom. The standard InChI is InChI=1S/C26H31ClN4O3/c27-21-8-6-19(7-9-21)22-17-23(24-5-4-16-34-24)31(28-22)25(32)18-29-14-10-20(11-15-29)26(33)30-12-2-1-3-13-30/h4-9,16,20,23H,1-3,10-15,17-18H2/t23-/m1/s1. The molecule has 2 fully saturated rings. The number of nitrogens with zero attached hydrogens (tertiary/aromatic N) is 4. The Bertz CT molecular complexity index is 1020. The van der Waals surface area contributed by atoms with Gasteiger partial charge in [0.05, 0.1) is 18.5 Å². The third-order valence-electron chi connectivity index (χ3n) is 7.18. The number of likely N-dealkylation sites (tertiary alicyclic amines) is 2. The number of hydrogen-bond donors (Lipinski definition) is 0.